The summed E-state index contributed by atoms with van der Waals surface area (Å²) in [7, 11) is -3.90. The van der Waals surface area contributed by atoms with E-state index in [0.717, 1.165) is 6.07 Å². The number of rotatable bonds is 9. The van der Waals surface area contributed by atoms with Gasteiger partial charge in [0.15, 0.2) is 6.61 Å². The summed E-state index contributed by atoms with van der Waals surface area (Å²) in [6.07, 6.45) is -4.91. The van der Waals surface area contributed by atoms with Gasteiger partial charge in [-0.05, 0) is 73.7 Å². The summed E-state index contributed by atoms with van der Waals surface area (Å²) >= 11 is 0. The highest BCUT2D eigenvalue weighted by atomic mass is 32.2. The molecular formula is C23H20F4N2O5S. The van der Waals surface area contributed by atoms with Crippen LogP contribution in [0.1, 0.15) is 12.5 Å². The molecule has 186 valence electrons. The second-order valence-electron chi connectivity index (χ2n) is 7.06. The minimum Gasteiger partial charge on any atom is -0.494 e. The van der Waals surface area contributed by atoms with E-state index in [-0.39, 0.29) is 16.3 Å². The summed E-state index contributed by atoms with van der Waals surface area (Å²) in [6, 6.07) is 13.6. The quantitative estimate of drug-likeness (QED) is 0.391. The Morgan fingerprint density at radius 3 is 2.06 bits per heavy atom. The van der Waals surface area contributed by atoms with Crippen LogP contribution in [0.5, 0.6) is 11.5 Å². The van der Waals surface area contributed by atoms with Crippen LogP contribution in [0.4, 0.5) is 28.9 Å². The lowest BCUT2D eigenvalue weighted by molar-refractivity contribution is -0.140. The van der Waals surface area contributed by atoms with Gasteiger partial charge < -0.3 is 14.8 Å². The summed E-state index contributed by atoms with van der Waals surface area (Å²) in [5.41, 5.74) is -1.43. The summed E-state index contributed by atoms with van der Waals surface area (Å²) in [4.78, 5) is 11.9. The van der Waals surface area contributed by atoms with Crippen LogP contribution in [0.3, 0.4) is 0 Å². The number of nitrogens with one attached hydrogen (secondary N) is 2. The maximum atomic E-state index is 13.3. The van der Waals surface area contributed by atoms with Gasteiger partial charge in [0, 0.05) is 11.4 Å². The van der Waals surface area contributed by atoms with Crippen LogP contribution < -0.4 is 19.5 Å². The van der Waals surface area contributed by atoms with Gasteiger partial charge in [0.1, 0.15) is 17.3 Å². The monoisotopic (exact) mass is 512 g/mol. The largest absolute Gasteiger partial charge is 0.494 e. The number of hydrogen-bond acceptors (Lipinski definition) is 5. The van der Waals surface area contributed by atoms with E-state index < -0.39 is 40.1 Å². The fourth-order valence-corrected chi connectivity index (χ4v) is 3.94. The summed E-state index contributed by atoms with van der Waals surface area (Å²) in [5.74, 6) is -1.51. The lowest BCUT2D eigenvalue weighted by Gasteiger charge is -2.12. The first-order valence-electron chi connectivity index (χ1n) is 10.1. The van der Waals surface area contributed by atoms with Gasteiger partial charge >= 0.3 is 6.18 Å². The lowest BCUT2D eigenvalue weighted by Crippen LogP contribution is -2.21. The molecule has 7 nitrogen and oxygen atoms in total. The second kappa shape index (κ2) is 10.6. The average Bonchev–Trinajstić information content (AvgIpc) is 2.80. The highest BCUT2D eigenvalue weighted by molar-refractivity contribution is 7.92. The molecule has 3 aromatic carbocycles. The van der Waals surface area contributed by atoms with Crippen molar-refractivity contribution in [3.8, 4) is 11.5 Å². The van der Waals surface area contributed by atoms with Crippen LogP contribution in [-0.2, 0) is 21.0 Å². The number of alkyl halides is 3. The zero-order valence-corrected chi connectivity index (χ0v) is 19.0. The Hall–Kier alpha value is -3.80. The molecule has 3 aromatic rings. The maximum Gasteiger partial charge on any atom is 0.419 e. The fourth-order valence-electron chi connectivity index (χ4n) is 2.88. The maximum absolute atomic E-state index is 13.3. The number of carbonyl (C=O) groups excluding carboxylic acids is 1. The lowest BCUT2D eigenvalue weighted by atomic mass is 10.2. The molecule has 0 fully saturated rings. The Labute approximate surface area is 198 Å². The molecule has 0 unspecified atom stereocenters. The molecule has 0 heterocycles. The number of hydrogen-bond donors (Lipinski definition) is 2. The van der Waals surface area contributed by atoms with Crippen LogP contribution in [0.15, 0.2) is 71.6 Å². The fraction of sp³-hybridized carbons (Fsp3) is 0.174. The van der Waals surface area contributed by atoms with Crippen LogP contribution in [-0.4, -0.2) is 27.5 Å². The Kier molecular flexibility index (Phi) is 7.85. The van der Waals surface area contributed by atoms with E-state index >= 15 is 0 Å². The second-order valence-corrected chi connectivity index (χ2v) is 8.75. The van der Waals surface area contributed by atoms with E-state index in [0.29, 0.717) is 30.2 Å². The highest BCUT2D eigenvalue weighted by Gasteiger charge is 2.34. The van der Waals surface area contributed by atoms with Crippen molar-refractivity contribution in [3.63, 3.8) is 0 Å². The summed E-state index contributed by atoms with van der Waals surface area (Å²) in [6.45, 7) is 1.73. The van der Waals surface area contributed by atoms with Crippen molar-refractivity contribution in [2.75, 3.05) is 23.3 Å². The first-order chi connectivity index (χ1) is 16.5. The molecule has 0 radical (unpaired) electrons. The number of amides is 1. The van der Waals surface area contributed by atoms with Crippen molar-refractivity contribution in [1.29, 1.82) is 0 Å². The zero-order valence-electron chi connectivity index (χ0n) is 18.2. The van der Waals surface area contributed by atoms with Crippen molar-refractivity contribution >= 4 is 27.3 Å². The minimum atomic E-state index is -4.91. The van der Waals surface area contributed by atoms with Crippen molar-refractivity contribution in [3.05, 3.63) is 78.1 Å². The number of anilines is 2. The number of sulfonamides is 1. The van der Waals surface area contributed by atoms with Gasteiger partial charge in [-0.15, -0.1) is 0 Å². The van der Waals surface area contributed by atoms with Gasteiger partial charge in [-0.25, -0.2) is 12.8 Å². The summed E-state index contributed by atoms with van der Waals surface area (Å²) < 4.78 is 89.8. The predicted molar refractivity (Wildman–Crippen MR) is 120 cm³/mol. The third-order valence-electron chi connectivity index (χ3n) is 4.48. The molecule has 0 atom stereocenters. The van der Waals surface area contributed by atoms with Gasteiger partial charge in [0.2, 0.25) is 0 Å². The molecule has 35 heavy (non-hydrogen) atoms. The van der Waals surface area contributed by atoms with Gasteiger partial charge in [-0.1, -0.05) is 0 Å². The average molecular weight is 512 g/mol. The number of ether oxygens (including phenoxy) is 2. The van der Waals surface area contributed by atoms with E-state index in [1.54, 1.807) is 24.3 Å². The molecule has 0 saturated heterocycles. The molecule has 2 N–H and O–H groups in total. The molecule has 0 aliphatic carbocycles. The molecule has 0 aliphatic rings. The van der Waals surface area contributed by atoms with Crippen molar-refractivity contribution in [2.24, 2.45) is 0 Å². The number of carbonyl (C=O) groups is 1. The Balaban J connectivity index is 1.57. The normalized spacial score (nSPS) is 11.6. The molecule has 12 heteroatoms. The predicted octanol–water partition coefficient (Wildman–Crippen LogP) is 5.06. The van der Waals surface area contributed by atoms with E-state index in [1.807, 2.05) is 6.92 Å². The van der Waals surface area contributed by atoms with Crippen LogP contribution in [0, 0.1) is 5.82 Å². The standard InChI is InChI=1S/C23H20F4N2O5S/c1-2-33-17-6-3-15(4-7-17)29-35(31,32)19-10-8-18(9-11-19)34-14-22(30)28-16-5-12-21(24)20(13-16)23(25,26)27/h3-13,29H,2,14H2,1H3,(H,28,30). The zero-order chi connectivity index (χ0) is 25.6. The van der Waals surface area contributed by atoms with E-state index in [9.17, 15) is 30.8 Å². The molecule has 0 aromatic heterocycles. The SMILES string of the molecule is CCOc1ccc(NS(=O)(=O)c2ccc(OCC(=O)Nc3ccc(F)c(C(F)(F)F)c3)cc2)cc1. The topological polar surface area (TPSA) is 93.7 Å². The third kappa shape index (κ3) is 7.09. The molecule has 1 amide bonds. The van der Waals surface area contributed by atoms with Crippen molar-refractivity contribution in [2.45, 2.75) is 18.0 Å². The number of benzene rings is 3. The van der Waals surface area contributed by atoms with Gasteiger partial charge in [0.25, 0.3) is 15.9 Å². The van der Waals surface area contributed by atoms with E-state index in [4.69, 9.17) is 9.47 Å². The van der Waals surface area contributed by atoms with E-state index in [1.165, 1.54) is 24.3 Å². The third-order valence-corrected chi connectivity index (χ3v) is 5.87. The van der Waals surface area contributed by atoms with Gasteiger partial charge in [-0.3, -0.25) is 9.52 Å². The molecule has 0 saturated carbocycles. The van der Waals surface area contributed by atoms with Crippen LogP contribution in [0.2, 0.25) is 0 Å². The van der Waals surface area contributed by atoms with Crippen molar-refractivity contribution in [1.82, 2.24) is 0 Å². The van der Waals surface area contributed by atoms with Crippen molar-refractivity contribution < 1.29 is 40.2 Å². The Bertz CT molecular complexity index is 1280. The van der Waals surface area contributed by atoms with Gasteiger partial charge in [-0.2, -0.15) is 13.2 Å². The first kappa shape index (κ1) is 25.8. The summed E-state index contributed by atoms with van der Waals surface area (Å²) in [5, 5.41) is 2.18. The van der Waals surface area contributed by atoms with E-state index in [2.05, 4.69) is 10.0 Å². The highest BCUT2D eigenvalue weighted by Crippen LogP contribution is 2.33. The molecule has 0 spiro atoms. The molecule has 0 bridgehead atoms. The number of halogens is 4. The Morgan fingerprint density at radius 2 is 1.46 bits per heavy atom. The smallest absolute Gasteiger partial charge is 0.419 e. The van der Waals surface area contributed by atoms with Crippen LogP contribution in [0.25, 0.3) is 0 Å². The van der Waals surface area contributed by atoms with Gasteiger partial charge in [0.05, 0.1) is 17.1 Å². The molecular weight excluding hydrogens is 492 g/mol. The first-order valence-corrected chi connectivity index (χ1v) is 11.6. The Morgan fingerprint density at radius 1 is 0.886 bits per heavy atom. The molecule has 0 aliphatic heterocycles. The molecule has 3 rings (SSSR count). The minimum absolute atomic E-state index is 0.0609. The van der Waals surface area contributed by atoms with Crippen LogP contribution >= 0.6 is 0 Å².